The summed E-state index contributed by atoms with van der Waals surface area (Å²) in [6.45, 7) is 0. The number of nitro groups is 1. The second-order valence-electron chi connectivity index (χ2n) is 9.47. The normalized spacial score (nSPS) is 11.8. The highest BCUT2D eigenvalue weighted by molar-refractivity contribution is 7.89. The first kappa shape index (κ1) is 27.0. The van der Waals surface area contributed by atoms with E-state index in [0.717, 1.165) is 28.2 Å². The average molecular weight is 593 g/mol. The Kier molecular flexibility index (Phi) is 6.41. The van der Waals surface area contributed by atoms with E-state index >= 15 is 0 Å². The van der Waals surface area contributed by atoms with Gasteiger partial charge in [-0.05, 0) is 29.8 Å². The number of hydrogen-bond acceptors (Lipinski definition) is 7. The van der Waals surface area contributed by atoms with E-state index in [1.807, 2.05) is 0 Å². The van der Waals surface area contributed by atoms with Crippen LogP contribution in [0, 0.1) is 27.6 Å². The summed E-state index contributed by atoms with van der Waals surface area (Å²) in [7, 11) is -2.38. The van der Waals surface area contributed by atoms with Crippen molar-refractivity contribution in [3.8, 4) is 11.3 Å². The van der Waals surface area contributed by atoms with E-state index in [2.05, 4.69) is 15.3 Å². The van der Waals surface area contributed by atoms with Crippen molar-refractivity contribution in [1.29, 1.82) is 0 Å². The van der Waals surface area contributed by atoms with Gasteiger partial charge in [-0.3, -0.25) is 10.1 Å². The number of hydrogen-bond donors (Lipinski definition) is 1. The van der Waals surface area contributed by atoms with Crippen LogP contribution in [0.1, 0.15) is 5.56 Å². The van der Waals surface area contributed by atoms with E-state index in [-0.39, 0.29) is 28.7 Å². The third kappa shape index (κ3) is 4.71. The molecule has 0 aliphatic rings. The molecule has 0 radical (unpaired) electrons. The van der Waals surface area contributed by atoms with E-state index < -0.39 is 38.1 Å². The number of nitrogens with zero attached hydrogens (tertiary/aromatic N) is 5. The Morgan fingerprint density at radius 3 is 2.40 bits per heavy atom. The largest absolute Gasteiger partial charge is 0.350 e. The van der Waals surface area contributed by atoms with Gasteiger partial charge < -0.3 is 9.88 Å². The molecule has 1 N–H and O–H groups in total. The van der Waals surface area contributed by atoms with Crippen molar-refractivity contribution in [2.24, 2.45) is 7.05 Å². The van der Waals surface area contributed by atoms with Crippen LogP contribution in [0.25, 0.3) is 33.2 Å². The van der Waals surface area contributed by atoms with Gasteiger partial charge in [0.2, 0.25) is 21.8 Å². The molecule has 0 atom stereocenters. The maximum absolute atomic E-state index is 14.3. The number of aryl methyl sites for hydroxylation is 1. The fourth-order valence-electron chi connectivity index (χ4n) is 4.76. The van der Waals surface area contributed by atoms with Gasteiger partial charge in [0.05, 0.1) is 21.9 Å². The van der Waals surface area contributed by atoms with Crippen LogP contribution in [0.3, 0.4) is 0 Å². The molecule has 0 saturated heterocycles. The molecule has 0 bridgehead atoms. The van der Waals surface area contributed by atoms with Gasteiger partial charge in [0, 0.05) is 53.6 Å². The number of anilines is 2. The lowest BCUT2D eigenvalue weighted by Gasteiger charge is -2.11. The number of nitrogens with one attached hydrogen (secondary N) is 1. The molecule has 3 aromatic heterocycles. The fourth-order valence-corrected chi connectivity index (χ4v) is 6.16. The molecule has 6 rings (SSSR count). The highest BCUT2D eigenvalue weighted by atomic mass is 32.2. The Morgan fingerprint density at radius 2 is 1.67 bits per heavy atom. The maximum Gasteiger partial charge on any atom is 0.306 e. The predicted molar refractivity (Wildman–Crippen MR) is 150 cm³/mol. The molecule has 212 valence electrons. The third-order valence-corrected chi connectivity index (χ3v) is 8.28. The molecular weight excluding hydrogens is 573 g/mol. The van der Waals surface area contributed by atoms with Crippen LogP contribution in [-0.2, 0) is 22.8 Å². The van der Waals surface area contributed by atoms with Gasteiger partial charge in [0.15, 0.2) is 17.3 Å². The number of halogens is 3. The quantitative estimate of drug-likeness (QED) is 0.177. The molecule has 0 amide bonds. The lowest BCUT2D eigenvalue weighted by atomic mass is 10.1. The second kappa shape index (κ2) is 9.99. The SMILES string of the molecule is Cn1cc(-c2nc(Nc3ccc(F)c([N+](=O)[O-])c3)nc3c2ccn3S(=O)(=O)Cc2ccccc2)c2cc(F)c(F)cc21. The van der Waals surface area contributed by atoms with Crippen molar-refractivity contribution in [3.05, 3.63) is 112 Å². The smallest absolute Gasteiger partial charge is 0.306 e. The summed E-state index contributed by atoms with van der Waals surface area (Å²) < 4.78 is 72.0. The summed E-state index contributed by atoms with van der Waals surface area (Å²) in [4.78, 5) is 19.3. The molecule has 42 heavy (non-hydrogen) atoms. The van der Waals surface area contributed by atoms with Crippen molar-refractivity contribution in [1.82, 2.24) is 18.5 Å². The molecule has 6 aromatic rings. The molecule has 0 fully saturated rings. The predicted octanol–water partition coefficient (Wildman–Crippen LogP) is 6.04. The van der Waals surface area contributed by atoms with Crippen molar-refractivity contribution >= 4 is 49.3 Å². The van der Waals surface area contributed by atoms with E-state index in [1.54, 1.807) is 48.1 Å². The molecule has 3 aromatic carbocycles. The minimum absolute atomic E-state index is 0.0328. The molecule has 0 aliphatic carbocycles. The molecule has 14 heteroatoms. The summed E-state index contributed by atoms with van der Waals surface area (Å²) in [6, 6.07) is 15.2. The summed E-state index contributed by atoms with van der Waals surface area (Å²) in [5.41, 5.74) is 0.670. The zero-order valence-electron chi connectivity index (χ0n) is 21.6. The van der Waals surface area contributed by atoms with Crippen LogP contribution in [0.2, 0.25) is 0 Å². The zero-order valence-corrected chi connectivity index (χ0v) is 22.4. The van der Waals surface area contributed by atoms with Crippen LogP contribution >= 0.6 is 0 Å². The summed E-state index contributed by atoms with van der Waals surface area (Å²) in [6.07, 6.45) is 2.91. The summed E-state index contributed by atoms with van der Waals surface area (Å²) in [5.74, 6) is -3.69. The lowest BCUT2D eigenvalue weighted by molar-refractivity contribution is -0.387. The molecule has 0 saturated carbocycles. The van der Waals surface area contributed by atoms with Crippen molar-refractivity contribution in [2.45, 2.75) is 5.75 Å². The van der Waals surface area contributed by atoms with Gasteiger partial charge in [-0.25, -0.2) is 26.2 Å². The molecule has 0 aliphatic heterocycles. The number of nitro benzene ring substituents is 1. The highest BCUT2D eigenvalue weighted by Gasteiger charge is 2.24. The van der Waals surface area contributed by atoms with Gasteiger partial charge in [-0.2, -0.15) is 9.37 Å². The fraction of sp³-hybridized carbons (Fsp3) is 0.0714. The van der Waals surface area contributed by atoms with Gasteiger partial charge in [0.1, 0.15) is 0 Å². The van der Waals surface area contributed by atoms with E-state index in [1.165, 1.54) is 18.3 Å². The molecule has 3 heterocycles. The number of fused-ring (bicyclic) bond motifs is 2. The van der Waals surface area contributed by atoms with Gasteiger partial charge >= 0.3 is 5.69 Å². The molecular formula is C28H19F3N6O4S. The first-order valence-electron chi connectivity index (χ1n) is 12.3. The van der Waals surface area contributed by atoms with Gasteiger partial charge in [0.25, 0.3) is 0 Å². The monoisotopic (exact) mass is 592 g/mol. The molecule has 10 nitrogen and oxygen atoms in total. The highest BCUT2D eigenvalue weighted by Crippen LogP contribution is 2.36. The second-order valence-corrected chi connectivity index (χ2v) is 11.3. The Bertz CT molecular complexity index is 2150. The summed E-state index contributed by atoms with van der Waals surface area (Å²) >= 11 is 0. The van der Waals surface area contributed by atoms with Crippen molar-refractivity contribution in [2.75, 3.05) is 5.32 Å². The van der Waals surface area contributed by atoms with Crippen molar-refractivity contribution < 1.29 is 26.5 Å². The minimum Gasteiger partial charge on any atom is -0.350 e. The Morgan fingerprint density at radius 1 is 0.929 bits per heavy atom. The summed E-state index contributed by atoms with van der Waals surface area (Å²) in [5, 5.41) is 14.6. The Labute approximate surface area is 235 Å². The standard InChI is InChI=1S/C28H19F3N6O4S/c1-35-14-20(19-12-22(30)23(31)13-24(19)35)26-18-9-10-36(42(40,41)15-16-5-3-2-4-6-16)27(18)34-28(33-26)32-17-7-8-21(29)25(11-17)37(38)39/h2-14H,15H2,1H3,(H,32,33,34). The van der Waals surface area contributed by atoms with Gasteiger partial charge in [-0.1, -0.05) is 30.3 Å². The minimum atomic E-state index is -4.01. The van der Waals surface area contributed by atoms with Crippen LogP contribution in [-0.4, -0.2) is 31.8 Å². The average Bonchev–Trinajstić information content (AvgIpc) is 3.51. The van der Waals surface area contributed by atoms with Crippen LogP contribution in [0.15, 0.2) is 79.1 Å². The molecule has 0 spiro atoms. The molecule has 0 unspecified atom stereocenters. The number of aromatic nitrogens is 4. The maximum atomic E-state index is 14.3. The van der Waals surface area contributed by atoms with Crippen molar-refractivity contribution in [3.63, 3.8) is 0 Å². The number of rotatable bonds is 7. The van der Waals surface area contributed by atoms with Crippen LogP contribution in [0.5, 0.6) is 0 Å². The topological polar surface area (TPSA) is 125 Å². The zero-order chi connectivity index (χ0) is 29.8. The Hall–Kier alpha value is -5.24. The van der Waals surface area contributed by atoms with Gasteiger partial charge in [-0.15, -0.1) is 0 Å². The van der Waals surface area contributed by atoms with Crippen LogP contribution in [0.4, 0.5) is 30.5 Å². The third-order valence-electron chi connectivity index (χ3n) is 6.69. The van der Waals surface area contributed by atoms with E-state index in [0.29, 0.717) is 27.4 Å². The van der Waals surface area contributed by atoms with E-state index in [4.69, 9.17) is 0 Å². The Balaban J connectivity index is 1.57. The number of benzene rings is 3. The van der Waals surface area contributed by atoms with E-state index in [9.17, 15) is 31.7 Å². The van der Waals surface area contributed by atoms with Crippen LogP contribution < -0.4 is 5.32 Å². The first-order valence-corrected chi connectivity index (χ1v) is 13.9. The first-order chi connectivity index (χ1) is 20.0. The lowest BCUT2D eigenvalue weighted by Crippen LogP contribution is -2.15.